The van der Waals surface area contributed by atoms with Crippen LogP contribution in [0.4, 0.5) is 0 Å². The molecule has 0 N–H and O–H groups in total. The zero-order valence-corrected chi connectivity index (χ0v) is 33.1. The second kappa shape index (κ2) is 13.3. The number of furan rings is 1. The smallest absolute Gasteiger partial charge is 0.149 e. The van der Waals surface area contributed by atoms with Crippen LogP contribution < -0.4 is 0 Å². The van der Waals surface area contributed by atoms with E-state index in [1.54, 1.807) is 0 Å². The van der Waals surface area contributed by atoms with E-state index in [1.807, 2.05) is 0 Å². The second-order valence-electron chi connectivity index (χ2n) is 16.3. The molecule has 0 atom stereocenters. The van der Waals surface area contributed by atoms with Crippen LogP contribution in [0.15, 0.2) is 174 Å². The van der Waals surface area contributed by atoms with Crippen LogP contribution in [0.3, 0.4) is 0 Å². The van der Waals surface area contributed by atoms with Gasteiger partial charge in [-0.25, -0.2) is 4.98 Å². The second-order valence-corrected chi connectivity index (χ2v) is 16.3. The third-order valence-corrected chi connectivity index (χ3v) is 12.1. The lowest BCUT2D eigenvalue weighted by atomic mass is 9.88. The highest BCUT2D eigenvalue weighted by Gasteiger charge is 2.27. The molecule has 0 saturated heterocycles. The molecular formula is C55H42N2O. The first-order chi connectivity index (χ1) is 28.4. The van der Waals surface area contributed by atoms with Crippen LogP contribution in [0.5, 0.6) is 0 Å². The lowest BCUT2D eigenvalue weighted by Gasteiger charge is -2.25. The van der Waals surface area contributed by atoms with E-state index in [-0.39, 0.29) is 11.8 Å². The third kappa shape index (κ3) is 5.30. The Hall–Kier alpha value is -6.97. The fourth-order valence-electron chi connectivity index (χ4n) is 9.27. The van der Waals surface area contributed by atoms with Gasteiger partial charge in [0.15, 0.2) is 0 Å². The molecule has 0 aliphatic carbocycles. The number of imidazole rings is 1. The molecular weight excluding hydrogens is 705 g/mol. The summed E-state index contributed by atoms with van der Waals surface area (Å²) >= 11 is 0. The highest BCUT2D eigenvalue weighted by Crippen LogP contribution is 2.47. The van der Waals surface area contributed by atoms with E-state index in [4.69, 9.17) is 9.40 Å². The van der Waals surface area contributed by atoms with Crippen LogP contribution in [0.2, 0.25) is 0 Å². The van der Waals surface area contributed by atoms with E-state index in [9.17, 15) is 0 Å². The average molecular weight is 747 g/mol. The predicted molar refractivity (Wildman–Crippen MR) is 245 cm³/mol. The molecule has 9 aromatic carbocycles. The molecule has 0 radical (unpaired) electrons. The van der Waals surface area contributed by atoms with Crippen molar-refractivity contribution in [2.75, 3.05) is 0 Å². The topological polar surface area (TPSA) is 31.0 Å². The highest BCUT2D eigenvalue weighted by molar-refractivity contribution is 6.21. The molecule has 11 aromatic rings. The standard InChI is InChI=1S/C55H42N2O/c1-33(2)45-30-40(35-15-7-5-8-16-35)31-46(34(3)4)52(45)57-53-43-22-14-12-20-38(43)25-28-49(53)56-55(57)44-27-26-42(36-17-9-6-10-18-36)51-48-29-39-24-23-37-19-11-13-21-41(37)47(39)32-50(48)58-54(44)51/h5-34H,1-4H3. The number of nitrogens with zero attached hydrogens (tertiary/aromatic N) is 2. The zero-order chi connectivity index (χ0) is 39.1. The molecule has 0 amide bonds. The first-order valence-corrected chi connectivity index (χ1v) is 20.4. The van der Waals surface area contributed by atoms with Gasteiger partial charge in [0.1, 0.15) is 17.0 Å². The molecule has 0 spiro atoms. The van der Waals surface area contributed by atoms with Crippen LogP contribution in [-0.2, 0) is 0 Å². The monoisotopic (exact) mass is 746 g/mol. The summed E-state index contributed by atoms with van der Waals surface area (Å²) in [6.07, 6.45) is 0. The Labute approximate surface area is 337 Å². The molecule has 0 aliphatic heterocycles. The van der Waals surface area contributed by atoms with Crippen LogP contribution in [0.25, 0.3) is 105 Å². The molecule has 2 aromatic heterocycles. The quantitative estimate of drug-likeness (QED) is 0.159. The minimum Gasteiger partial charge on any atom is -0.455 e. The number of rotatable bonds is 6. The Morgan fingerprint density at radius 2 is 1.05 bits per heavy atom. The van der Waals surface area contributed by atoms with Gasteiger partial charge in [-0.15, -0.1) is 0 Å². The number of aromatic nitrogens is 2. The Bertz CT molecular complexity index is 3360. The van der Waals surface area contributed by atoms with Gasteiger partial charge in [-0.05, 0) is 109 Å². The first-order valence-electron chi connectivity index (χ1n) is 20.4. The lowest BCUT2D eigenvalue weighted by Crippen LogP contribution is -2.09. The van der Waals surface area contributed by atoms with Crippen LogP contribution in [0, 0.1) is 0 Å². The molecule has 0 saturated carbocycles. The number of benzene rings is 9. The summed E-state index contributed by atoms with van der Waals surface area (Å²) in [5, 5.41) is 9.39. The van der Waals surface area contributed by atoms with Gasteiger partial charge in [-0.2, -0.15) is 0 Å². The summed E-state index contributed by atoms with van der Waals surface area (Å²) in [5.74, 6) is 1.36. The Balaban J connectivity index is 1.29. The lowest BCUT2D eigenvalue weighted by molar-refractivity contribution is 0.670. The first kappa shape index (κ1) is 34.3. The van der Waals surface area contributed by atoms with Crippen molar-refractivity contribution in [3.8, 4) is 39.3 Å². The molecule has 0 unspecified atom stereocenters. The van der Waals surface area contributed by atoms with Gasteiger partial charge in [-0.3, -0.25) is 4.57 Å². The maximum absolute atomic E-state index is 7.21. The number of hydrogen-bond acceptors (Lipinski definition) is 2. The summed E-state index contributed by atoms with van der Waals surface area (Å²) in [7, 11) is 0. The molecule has 3 heteroatoms. The van der Waals surface area contributed by atoms with E-state index < -0.39 is 0 Å². The summed E-state index contributed by atoms with van der Waals surface area (Å²) in [6.45, 7) is 9.26. The van der Waals surface area contributed by atoms with Crippen molar-refractivity contribution in [1.82, 2.24) is 9.55 Å². The molecule has 278 valence electrons. The van der Waals surface area contributed by atoms with E-state index in [0.717, 1.165) is 55.5 Å². The van der Waals surface area contributed by atoms with Crippen LogP contribution in [-0.4, -0.2) is 9.55 Å². The number of hydrogen-bond donors (Lipinski definition) is 0. The van der Waals surface area contributed by atoms with Gasteiger partial charge in [0.25, 0.3) is 0 Å². The normalized spacial score (nSPS) is 12.1. The van der Waals surface area contributed by atoms with Crippen molar-refractivity contribution in [2.45, 2.75) is 39.5 Å². The number of fused-ring (bicyclic) bond motifs is 9. The summed E-state index contributed by atoms with van der Waals surface area (Å²) < 4.78 is 9.69. The van der Waals surface area contributed by atoms with Gasteiger partial charge in [0.05, 0.1) is 22.3 Å². The average Bonchev–Trinajstić information content (AvgIpc) is 3.84. The van der Waals surface area contributed by atoms with Gasteiger partial charge in [0.2, 0.25) is 0 Å². The van der Waals surface area contributed by atoms with E-state index in [0.29, 0.717) is 0 Å². The van der Waals surface area contributed by atoms with E-state index in [1.165, 1.54) is 60.3 Å². The largest absolute Gasteiger partial charge is 0.455 e. The van der Waals surface area contributed by atoms with Crippen LogP contribution in [0.1, 0.15) is 50.7 Å². The van der Waals surface area contributed by atoms with Crippen molar-refractivity contribution in [3.63, 3.8) is 0 Å². The van der Waals surface area contributed by atoms with Crippen molar-refractivity contribution in [1.29, 1.82) is 0 Å². The maximum Gasteiger partial charge on any atom is 0.149 e. The minimum absolute atomic E-state index is 0.241. The van der Waals surface area contributed by atoms with Gasteiger partial charge in [0, 0.05) is 16.2 Å². The Morgan fingerprint density at radius 1 is 0.466 bits per heavy atom. The molecule has 0 fully saturated rings. The summed E-state index contributed by atoms with van der Waals surface area (Å²) in [5.41, 5.74) is 13.3. The van der Waals surface area contributed by atoms with Gasteiger partial charge < -0.3 is 4.42 Å². The van der Waals surface area contributed by atoms with Crippen molar-refractivity contribution < 1.29 is 4.42 Å². The van der Waals surface area contributed by atoms with E-state index >= 15 is 0 Å². The highest BCUT2D eigenvalue weighted by atomic mass is 16.3. The SMILES string of the molecule is CC(C)c1cc(-c2ccccc2)cc(C(C)C)c1-n1c(-c2ccc(-c3ccccc3)c3c2oc2cc4c(ccc5ccccc54)cc23)nc2ccc3ccccc3c21. The van der Waals surface area contributed by atoms with Crippen molar-refractivity contribution >= 4 is 65.3 Å². The molecule has 11 rings (SSSR count). The Kier molecular flexibility index (Phi) is 7.87. The molecule has 3 nitrogen and oxygen atoms in total. The molecule has 0 bridgehead atoms. The molecule has 58 heavy (non-hydrogen) atoms. The Morgan fingerprint density at radius 3 is 1.76 bits per heavy atom. The summed E-state index contributed by atoms with van der Waals surface area (Å²) in [4.78, 5) is 5.61. The molecule has 2 heterocycles. The van der Waals surface area contributed by atoms with Gasteiger partial charge in [-0.1, -0.05) is 161 Å². The maximum atomic E-state index is 7.21. The van der Waals surface area contributed by atoms with Crippen molar-refractivity contribution in [3.05, 3.63) is 181 Å². The minimum atomic E-state index is 0.241. The summed E-state index contributed by atoms with van der Waals surface area (Å²) in [6, 6.07) is 61.6. The predicted octanol–water partition coefficient (Wildman–Crippen LogP) is 15.6. The fourth-order valence-corrected chi connectivity index (χ4v) is 9.27. The zero-order valence-electron chi connectivity index (χ0n) is 33.1. The van der Waals surface area contributed by atoms with Crippen LogP contribution >= 0.6 is 0 Å². The van der Waals surface area contributed by atoms with E-state index in [2.05, 4.69) is 202 Å². The third-order valence-electron chi connectivity index (χ3n) is 12.1. The fraction of sp³-hybridized carbons (Fsp3) is 0.109. The van der Waals surface area contributed by atoms with Crippen molar-refractivity contribution in [2.24, 2.45) is 0 Å². The molecule has 0 aliphatic rings. The van der Waals surface area contributed by atoms with Gasteiger partial charge >= 0.3 is 0 Å².